The van der Waals surface area contributed by atoms with Gasteiger partial charge in [-0.2, -0.15) is 0 Å². The van der Waals surface area contributed by atoms with Gasteiger partial charge in [-0.1, -0.05) is 35.9 Å². The summed E-state index contributed by atoms with van der Waals surface area (Å²) in [5.74, 6) is -0.798. The third kappa shape index (κ3) is 5.93. The second kappa shape index (κ2) is 11.8. The first-order valence-electron chi connectivity index (χ1n) is 11.7. The van der Waals surface area contributed by atoms with Gasteiger partial charge < -0.3 is 19.3 Å². The number of rotatable bonds is 8. The molecule has 0 N–H and O–H groups in total. The Morgan fingerprint density at radius 2 is 1.84 bits per heavy atom. The molecule has 3 aromatic carbocycles. The fourth-order valence-corrected chi connectivity index (χ4v) is 5.56. The van der Waals surface area contributed by atoms with E-state index in [4.69, 9.17) is 21.1 Å². The van der Waals surface area contributed by atoms with Gasteiger partial charge in [-0.05, 0) is 56.1 Å². The Kier molecular flexibility index (Phi) is 8.55. The molecule has 0 saturated heterocycles. The molecule has 0 radical (unpaired) electrons. The number of halogens is 1. The number of likely N-dealkylation sites (N-methyl/N-ethyl adjacent to an activating group) is 1. The van der Waals surface area contributed by atoms with Gasteiger partial charge in [0.2, 0.25) is 0 Å². The number of thioether (sulfide) groups is 1. The van der Waals surface area contributed by atoms with Crippen LogP contribution in [0.5, 0.6) is 5.75 Å². The zero-order valence-electron chi connectivity index (χ0n) is 21.0. The maximum atomic E-state index is 14.1. The molecule has 0 saturated carbocycles. The molecule has 1 aliphatic heterocycles. The maximum absolute atomic E-state index is 14.1. The van der Waals surface area contributed by atoms with E-state index >= 15 is 0 Å². The first-order valence-corrected chi connectivity index (χ1v) is 13.0. The lowest BCUT2D eigenvalue weighted by molar-refractivity contribution is -0.385. The summed E-state index contributed by atoms with van der Waals surface area (Å²) in [6, 6.07) is 18.3. The summed E-state index contributed by atoms with van der Waals surface area (Å²) >= 11 is 7.44. The second-order valence-corrected chi connectivity index (χ2v) is 10.4. The first kappa shape index (κ1) is 27.4. The highest BCUT2D eigenvalue weighted by Gasteiger charge is 2.42. The number of carbonyl (C=O) groups excluding carboxylic acids is 2. The molecule has 0 spiro atoms. The molecule has 3 aromatic rings. The number of methoxy groups -OCH3 is 1. The lowest BCUT2D eigenvalue weighted by Crippen LogP contribution is -2.45. The largest absolute Gasteiger partial charge is 0.497 e. The monoisotopic (exact) mass is 555 g/mol. The molecule has 38 heavy (non-hydrogen) atoms. The maximum Gasteiger partial charge on any atom is 0.346 e. The molecule has 1 amide bonds. The molecule has 9 nitrogen and oxygen atoms in total. The molecule has 2 atom stereocenters. The first-order chi connectivity index (χ1) is 18.2. The van der Waals surface area contributed by atoms with Gasteiger partial charge in [0.15, 0.2) is 6.10 Å². The third-order valence-electron chi connectivity index (χ3n) is 6.02. The number of nitrogens with zero attached hydrogens (tertiary/aromatic N) is 3. The second-order valence-electron chi connectivity index (χ2n) is 8.82. The third-order valence-corrected chi connectivity index (χ3v) is 7.63. The predicted octanol–water partition coefficient (Wildman–Crippen LogP) is 5.22. The minimum Gasteiger partial charge on any atom is -0.497 e. The quantitative estimate of drug-likeness (QED) is 0.212. The van der Waals surface area contributed by atoms with Crippen molar-refractivity contribution < 1.29 is 24.0 Å². The van der Waals surface area contributed by atoms with Crippen molar-refractivity contribution in [2.75, 3.05) is 39.2 Å². The zero-order valence-corrected chi connectivity index (χ0v) is 22.6. The van der Waals surface area contributed by atoms with Gasteiger partial charge in [0.05, 0.1) is 23.0 Å². The number of hydrogen-bond donors (Lipinski definition) is 0. The van der Waals surface area contributed by atoms with E-state index < -0.39 is 33.8 Å². The Bertz CT molecular complexity index is 1350. The van der Waals surface area contributed by atoms with Crippen molar-refractivity contribution >= 4 is 46.6 Å². The number of benzene rings is 3. The van der Waals surface area contributed by atoms with Crippen LogP contribution in [0.2, 0.25) is 5.02 Å². The van der Waals surface area contributed by atoms with Crippen molar-refractivity contribution in [2.45, 2.75) is 16.2 Å². The van der Waals surface area contributed by atoms with Crippen LogP contribution >= 0.6 is 23.4 Å². The minimum atomic E-state index is -1.28. The van der Waals surface area contributed by atoms with Gasteiger partial charge >= 0.3 is 5.97 Å². The van der Waals surface area contributed by atoms with E-state index in [0.29, 0.717) is 24.5 Å². The summed E-state index contributed by atoms with van der Waals surface area (Å²) in [7, 11) is 5.36. The Morgan fingerprint density at radius 3 is 2.50 bits per heavy atom. The number of esters is 1. The van der Waals surface area contributed by atoms with E-state index in [1.165, 1.54) is 23.9 Å². The summed E-state index contributed by atoms with van der Waals surface area (Å²) in [6.07, 6.45) is -1.28. The highest BCUT2D eigenvalue weighted by Crippen LogP contribution is 2.47. The summed E-state index contributed by atoms with van der Waals surface area (Å²) in [5, 5.41) is 11.1. The number of ether oxygens (including phenoxy) is 2. The average molecular weight is 556 g/mol. The summed E-state index contributed by atoms with van der Waals surface area (Å²) < 4.78 is 11.1. The van der Waals surface area contributed by atoms with Crippen molar-refractivity contribution in [3.05, 3.63) is 93.0 Å². The van der Waals surface area contributed by atoms with Crippen LogP contribution in [0, 0.1) is 10.1 Å². The van der Waals surface area contributed by atoms with E-state index in [9.17, 15) is 19.7 Å². The Hall–Kier alpha value is -3.60. The van der Waals surface area contributed by atoms with Crippen LogP contribution in [0.15, 0.2) is 71.6 Å². The molecule has 11 heteroatoms. The fourth-order valence-electron chi connectivity index (χ4n) is 4.07. The van der Waals surface area contributed by atoms with Crippen LogP contribution in [-0.4, -0.2) is 62.1 Å². The molecule has 1 heterocycles. The number of nitro groups is 1. The molecule has 1 aliphatic rings. The van der Waals surface area contributed by atoms with Crippen LogP contribution in [0.4, 0.5) is 11.4 Å². The van der Waals surface area contributed by atoms with Crippen molar-refractivity contribution in [2.24, 2.45) is 0 Å². The van der Waals surface area contributed by atoms with E-state index in [-0.39, 0.29) is 10.6 Å². The molecule has 4 rings (SSSR count). The Morgan fingerprint density at radius 1 is 1.13 bits per heavy atom. The Balaban J connectivity index is 1.80. The van der Waals surface area contributed by atoms with Crippen LogP contribution in [-0.2, 0) is 9.53 Å². The van der Waals surface area contributed by atoms with E-state index in [0.717, 1.165) is 16.5 Å². The smallest absolute Gasteiger partial charge is 0.346 e. The lowest BCUT2D eigenvalue weighted by Gasteiger charge is -2.28. The van der Waals surface area contributed by atoms with E-state index in [2.05, 4.69) is 0 Å². The van der Waals surface area contributed by atoms with Gasteiger partial charge in [0, 0.05) is 29.1 Å². The number of carbonyl (C=O) groups is 2. The molecule has 0 bridgehead atoms. The summed E-state index contributed by atoms with van der Waals surface area (Å²) in [6.45, 7) is 0.919. The molecule has 0 fully saturated rings. The van der Waals surface area contributed by atoms with E-state index in [1.807, 2.05) is 55.4 Å². The van der Waals surface area contributed by atoms with Crippen molar-refractivity contribution in [1.82, 2.24) is 4.90 Å². The highest BCUT2D eigenvalue weighted by molar-refractivity contribution is 7.99. The van der Waals surface area contributed by atoms with Crippen molar-refractivity contribution in [3.8, 4) is 5.75 Å². The predicted molar refractivity (Wildman–Crippen MR) is 146 cm³/mol. The van der Waals surface area contributed by atoms with Gasteiger partial charge in [-0.15, -0.1) is 11.8 Å². The number of para-hydroxylation sites is 1. The van der Waals surface area contributed by atoms with Crippen LogP contribution in [0.25, 0.3) is 0 Å². The molecular formula is C27H26ClN3O6S. The van der Waals surface area contributed by atoms with Crippen LogP contribution < -0.4 is 9.64 Å². The van der Waals surface area contributed by atoms with Crippen molar-refractivity contribution in [1.29, 1.82) is 0 Å². The SMILES string of the molecule is COc1ccc([C@@H]2Sc3ccccc3N(CCN(C)C)C(=O)[C@@H]2OC(=O)c2cc(Cl)ccc2[N+](=O)[O-])cc1. The average Bonchev–Trinajstić information content (AvgIpc) is 3.01. The number of amides is 1. The molecule has 0 aromatic heterocycles. The van der Waals surface area contributed by atoms with Crippen molar-refractivity contribution in [3.63, 3.8) is 0 Å². The lowest BCUT2D eigenvalue weighted by atomic mass is 10.0. The summed E-state index contributed by atoms with van der Waals surface area (Å²) in [4.78, 5) is 42.8. The molecular weight excluding hydrogens is 530 g/mol. The normalized spacial score (nSPS) is 17.1. The fraction of sp³-hybridized carbons (Fsp3) is 0.259. The minimum absolute atomic E-state index is 0.135. The van der Waals surface area contributed by atoms with Gasteiger partial charge in [-0.25, -0.2) is 4.79 Å². The van der Waals surface area contributed by atoms with Crippen LogP contribution in [0.1, 0.15) is 21.2 Å². The number of nitro benzene ring substituents is 1. The van der Waals surface area contributed by atoms with E-state index in [1.54, 1.807) is 24.1 Å². The number of anilines is 1. The molecule has 0 aliphatic carbocycles. The number of fused-ring (bicyclic) bond motifs is 1. The van der Waals surface area contributed by atoms with Crippen LogP contribution in [0.3, 0.4) is 0 Å². The summed E-state index contributed by atoms with van der Waals surface area (Å²) in [5.41, 5.74) is 0.652. The van der Waals surface area contributed by atoms with Gasteiger partial charge in [-0.3, -0.25) is 14.9 Å². The molecule has 0 unspecified atom stereocenters. The van der Waals surface area contributed by atoms with Gasteiger partial charge in [0.1, 0.15) is 11.3 Å². The Labute approximate surface area is 229 Å². The standard InChI is InChI=1S/C27H26ClN3O6S/c1-29(2)14-15-30-22-6-4-5-7-23(22)38-25(17-8-11-19(36-3)12-9-17)24(26(30)32)37-27(33)20-16-18(28)10-13-21(20)31(34)35/h4-13,16,24-25H,14-15H2,1-3H3/t24-,25+/m1/s1. The van der Waals surface area contributed by atoms with Gasteiger partial charge in [0.25, 0.3) is 11.6 Å². The highest BCUT2D eigenvalue weighted by atomic mass is 35.5. The number of hydrogen-bond acceptors (Lipinski definition) is 8. The topological polar surface area (TPSA) is 102 Å². The zero-order chi connectivity index (χ0) is 27.4. The molecule has 198 valence electrons.